The molecule has 0 aliphatic carbocycles. The first kappa shape index (κ1) is 16.1. The molecule has 18 heavy (non-hydrogen) atoms. The maximum atomic E-state index is 3.46. The zero-order valence-corrected chi connectivity index (χ0v) is 13.9. The van der Waals surface area contributed by atoms with Gasteiger partial charge in [0.2, 0.25) is 0 Å². The second kappa shape index (κ2) is 10.9. The summed E-state index contributed by atoms with van der Waals surface area (Å²) in [6.45, 7) is 2.28. The van der Waals surface area contributed by atoms with Gasteiger partial charge in [0.25, 0.3) is 0 Å². The highest BCUT2D eigenvalue weighted by atomic mass is 79.9. The average Bonchev–Trinajstić information content (AvgIpc) is 2.39. The highest BCUT2D eigenvalue weighted by Gasteiger charge is 1.95. The maximum Gasteiger partial charge on any atom is 0.0176 e. The molecule has 0 heterocycles. The van der Waals surface area contributed by atoms with Crippen molar-refractivity contribution in [1.82, 2.24) is 0 Å². The minimum atomic E-state index is 1.17. The van der Waals surface area contributed by atoms with Crippen LogP contribution >= 0.6 is 27.7 Å². The van der Waals surface area contributed by atoms with E-state index >= 15 is 0 Å². The van der Waals surface area contributed by atoms with Crippen LogP contribution in [-0.2, 0) is 0 Å². The molecule has 2 heteroatoms. The van der Waals surface area contributed by atoms with E-state index in [0.29, 0.717) is 0 Å². The molecule has 1 aromatic rings. The average molecular weight is 329 g/mol. The summed E-state index contributed by atoms with van der Waals surface area (Å²) in [5, 5.41) is 0. The van der Waals surface area contributed by atoms with Crippen molar-refractivity contribution >= 4 is 27.7 Å². The molecule has 102 valence electrons. The third-order valence-electron chi connectivity index (χ3n) is 3.08. The Bertz CT molecular complexity index is 294. The lowest BCUT2D eigenvalue weighted by Crippen LogP contribution is -1.83. The van der Waals surface area contributed by atoms with Crippen LogP contribution in [0.15, 0.2) is 33.6 Å². The van der Waals surface area contributed by atoms with Gasteiger partial charge in [-0.05, 0) is 36.4 Å². The number of rotatable bonds is 10. The van der Waals surface area contributed by atoms with E-state index in [1.807, 2.05) is 11.8 Å². The zero-order chi connectivity index (χ0) is 13.1. The molecule has 0 aliphatic heterocycles. The van der Waals surface area contributed by atoms with Crippen molar-refractivity contribution in [1.29, 1.82) is 0 Å². The van der Waals surface area contributed by atoms with Gasteiger partial charge in [-0.3, -0.25) is 0 Å². The van der Waals surface area contributed by atoms with E-state index in [2.05, 4.69) is 47.1 Å². The van der Waals surface area contributed by atoms with Crippen molar-refractivity contribution < 1.29 is 0 Å². The molecular formula is C16H25BrS. The smallest absolute Gasteiger partial charge is 0.0176 e. The number of hydrogen-bond donors (Lipinski definition) is 0. The van der Waals surface area contributed by atoms with Gasteiger partial charge < -0.3 is 0 Å². The van der Waals surface area contributed by atoms with Crippen LogP contribution < -0.4 is 0 Å². The lowest BCUT2D eigenvalue weighted by atomic mass is 10.1. The van der Waals surface area contributed by atoms with Crippen LogP contribution in [-0.4, -0.2) is 5.75 Å². The van der Waals surface area contributed by atoms with E-state index in [-0.39, 0.29) is 0 Å². The first-order chi connectivity index (χ1) is 8.83. The summed E-state index contributed by atoms with van der Waals surface area (Å²) < 4.78 is 1.17. The van der Waals surface area contributed by atoms with E-state index in [0.717, 1.165) is 0 Å². The van der Waals surface area contributed by atoms with Gasteiger partial charge in [-0.25, -0.2) is 0 Å². The van der Waals surface area contributed by atoms with Crippen molar-refractivity contribution in [2.45, 2.75) is 63.2 Å². The first-order valence-electron chi connectivity index (χ1n) is 7.21. The highest BCUT2D eigenvalue weighted by molar-refractivity contribution is 9.10. The topological polar surface area (TPSA) is 0 Å². The maximum absolute atomic E-state index is 3.46. The van der Waals surface area contributed by atoms with Crippen molar-refractivity contribution in [2.75, 3.05) is 5.75 Å². The van der Waals surface area contributed by atoms with Gasteiger partial charge >= 0.3 is 0 Å². The molecule has 0 saturated carbocycles. The molecule has 0 spiro atoms. The molecule has 0 aliphatic rings. The van der Waals surface area contributed by atoms with E-state index in [1.54, 1.807) is 0 Å². The Labute approximate surface area is 125 Å². The van der Waals surface area contributed by atoms with E-state index in [4.69, 9.17) is 0 Å². The molecule has 0 aromatic heterocycles. The highest BCUT2D eigenvalue weighted by Crippen LogP contribution is 2.22. The molecule has 0 fully saturated rings. The Morgan fingerprint density at radius 2 is 1.39 bits per heavy atom. The largest absolute Gasteiger partial charge is 0.126 e. The lowest BCUT2D eigenvalue weighted by molar-refractivity contribution is 0.586. The van der Waals surface area contributed by atoms with Gasteiger partial charge in [-0.2, -0.15) is 0 Å². The normalized spacial score (nSPS) is 10.8. The molecule has 0 unspecified atom stereocenters. The fraction of sp³-hybridized carbons (Fsp3) is 0.625. The van der Waals surface area contributed by atoms with Gasteiger partial charge in [-0.15, -0.1) is 11.8 Å². The van der Waals surface area contributed by atoms with Crippen LogP contribution in [0.1, 0.15) is 58.3 Å². The molecule has 0 radical (unpaired) electrons. The van der Waals surface area contributed by atoms with Crippen LogP contribution in [0.5, 0.6) is 0 Å². The van der Waals surface area contributed by atoms with Crippen molar-refractivity contribution in [3.63, 3.8) is 0 Å². The van der Waals surface area contributed by atoms with Gasteiger partial charge in [-0.1, -0.05) is 67.8 Å². The summed E-state index contributed by atoms with van der Waals surface area (Å²) in [4.78, 5) is 1.39. The van der Waals surface area contributed by atoms with Crippen LogP contribution in [0.2, 0.25) is 0 Å². The third-order valence-corrected chi connectivity index (χ3v) is 4.71. The molecule has 0 saturated heterocycles. The fourth-order valence-corrected chi connectivity index (χ4v) is 3.13. The Hall–Kier alpha value is 0.0500. The third kappa shape index (κ3) is 8.20. The Morgan fingerprint density at radius 3 is 2.00 bits per heavy atom. The minimum absolute atomic E-state index is 1.17. The SMILES string of the molecule is CCCCCCCCCCSc1ccc(Br)cc1. The predicted octanol–water partition coefficient (Wildman–Crippen LogP) is 6.68. The fourth-order valence-electron chi connectivity index (χ4n) is 1.96. The molecule has 0 bridgehead atoms. The van der Waals surface area contributed by atoms with E-state index < -0.39 is 0 Å². The summed E-state index contributed by atoms with van der Waals surface area (Å²) in [5.41, 5.74) is 0. The van der Waals surface area contributed by atoms with E-state index in [1.165, 1.54) is 66.5 Å². The van der Waals surface area contributed by atoms with Gasteiger partial charge in [0.15, 0.2) is 0 Å². The van der Waals surface area contributed by atoms with Crippen LogP contribution in [0.25, 0.3) is 0 Å². The molecule has 0 N–H and O–H groups in total. The number of thioether (sulfide) groups is 1. The van der Waals surface area contributed by atoms with Crippen LogP contribution in [0.3, 0.4) is 0 Å². The number of benzene rings is 1. The lowest BCUT2D eigenvalue weighted by Gasteiger charge is -2.03. The number of unbranched alkanes of at least 4 members (excludes halogenated alkanes) is 7. The van der Waals surface area contributed by atoms with Gasteiger partial charge in [0, 0.05) is 9.37 Å². The summed E-state index contributed by atoms with van der Waals surface area (Å²) in [7, 11) is 0. The van der Waals surface area contributed by atoms with E-state index in [9.17, 15) is 0 Å². The van der Waals surface area contributed by atoms with Crippen LogP contribution in [0.4, 0.5) is 0 Å². The second-order valence-corrected chi connectivity index (χ2v) is 6.86. The zero-order valence-electron chi connectivity index (χ0n) is 11.5. The molecule has 1 rings (SSSR count). The Kier molecular flexibility index (Phi) is 9.78. The quantitative estimate of drug-likeness (QED) is 0.341. The molecule has 1 aromatic carbocycles. The van der Waals surface area contributed by atoms with Crippen molar-refractivity contribution in [3.05, 3.63) is 28.7 Å². The predicted molar refractivity (Wildman–Crippen MR) is 87.5 cm³/mol. The monoisotopic (exact) mass is 328 g/mol. The standard InChI is InChI=1S/C16H25BrS/c1-2-3-4-5-6-7-8-9-14-18-16-12-10-15(17)11-13-16/h10-13H,2-9,14H2,1H3. The first-order valence-corrected chi connectivity index (χ1v) is 8.99. The van der Waals surface area contributed by atoms with Crippen LogP contribution in [0, 0.1) is 0 Å². The summed E-state index contributed by atoms with van der Waals surface area (Å²) in [6, 6.07) is 8.63. The number of hydrogen-bond acceptors (Lipinski definition) is 1. The van der Waals surface area contributed by atoms with Crippen molar-refractivity contribution in [2.24, 2.45) is 0 Å². The van der Waals surface area contributed by atoms with Crippen molar-refractivity contribution in [3.8, 4) is 0 Å². The Balaban J connectivity index is 1.91. The molecule has 0 amide bonds. The molecule has 0 atom stereocenters. The Morgan fingerprint density at radius 1 is 0.833 bits per heavy atom. The molecule has 0 nitrogen and oxygen atoms in total. The number of halogens is 1. The van der Waals surface area contributed by atoms with Gasteiger partial charge in [0.1, 0.15) is 0 Å². The summed E-state index contributed by atoms with van der Waals surface area (Å²) in [5.74, 6) is 1.26. The molecular weight excluding hydrogens is 304 g/mol. The minimum Gasteiger partial charge on any atom is -0.126 e. The summed E-state index contributed by atoms with van der Waals surface area (Å²) >= 11 is 5.44. The summed E-state index contributed by atoms with van der Waals surface area (Å²) in [6.07, 6.45) is 11.2. The second-order valence-electron chi connectivity index (χ2n) is 4.78. The van der Waals surface area contributed by atoms with Gasteiger partial charge in [0.05, 0.1) is 0 Å².